The van der Waals surface area contributed by atoms with Gasteiger partial charge in [0.05, 0.1) is 11.5 Å². The number of halogens is 3. The molecule has 0 amide bonds. The van der Waals surface area contributed by atoms with Crippen LogP contribution in [-0.4, -0.2) is 23.4 Å². The van der Waals surface area contributed by atoms with Crippen molar-refractivity contribution in [2.75, 3.05) is 6.61 Å². The molecule has 1 atom stereocenters. The van der Waals surface area contributed by atoms with Gasteiger partial charge >= 0.3 is 16.9 Å². The second-order valence-corrected chi connectivity index (χ2v) is 4.35. The molecule has 1 heterocycles. The van der Waals surface area contributed by atoms with Crippen molar-refractivity contribution >= 4 is 34.7 Å². The third kappa shape index (κ3) is 3.82. The Bertz CT molecular complexity index is 469. The predicted octanol–water partition coefficient (Wildman–Crippen LogP) is 2.28. The van der Waals surface area contributed by atoms with Crippen molar-refractivity contribution in [3.8, 4) is 0 Å². The first-order chi connectivity index (χ1) is 8.30. The highest BCUT2D eigenvalue weighted by molar-refractivity contribution is 7.15. The van der Waals surface area contributed by atoms with E-state index in [1.165, 1.54) is 6.92 Å². The summed E-state index contributed by atoms with van der Waals surface area (Å²) >= 11 is 0.500. The van der Waals surface area contributed by atoms with Crippen LogP contribution in [0.15, 0.2) is 12.1 Å². The minimum atomic E-state index is -3.92. The van der Waals surface area contributed by atoms with E-state index in [4.69, 9.17) is 5.73 Å². The second-order valence-electron chi connectivity index (χ2n) is 3.25. The van der Waals surface area contributed by atoms with Crippen LogP contribution in [0.1, 0.15) is 17.8 Å². The number of thiophene rings is 1. The summed E-state index contributed by atoms with van der Waals surface area (Å²) in [5.41, 5.74) is 5.25. The molecule has 0 aromatic carbocycles. The predicted molar refractivity (Wildman–Crippen MR) is 66.7 cm³/mol. The van der Waals surface area contributed by atoms with E-state index in [-0.39, 0.29) is 28.9 Å². The van der Waals surface area contributed by atoms with Gasteiger partial charge < -0.3 is 10.5 Å². The lowest BCUT2D eigenvalue weighted by molar-refractivity contribution is -0.380. The Labute approximate surface area is 117 Å². The summed E-state index contributed by atoms with van der Waals surface area (Å²) in [7, 11) is 0. The number of alkyl halides is 2. The van der Waals surface area contributed by atoms with E-state index < -0.39 is 22.9 Å². The molecule has 0 aliphatic heterocycles. The average Bonchev–Trinajstić information content (AvgIpc) is 2.77. The molecule has 0 fully saturated rings. The number of carbonyl (C=O) groups excluding carboxylic acids is 1. The minimum Gasteiger partial charge on any atom is -0.462 e. The molecule has 2 N–H and O–H groups in total. The molecule has 0 aliphatic rings. The molecular formula is C9H11ClF2N2O4S. The number of nitro groups is 1. The molecule has 6 nitrogen and oxygen atoms in total. The Hall–Kier alpha value is -1.32. The van der Waals surface area contributed by atoms with Crippen molar-refractivity contribution in [3.05, 3.63) is 27.1 Å². The highest BCUT2D eigenvalue weighted by Crippen LogP contribution is 2.36. The zero-order valence-electron chi connectivity index (χ0n) is 9.67. The molecule has 19 heavy (non-hydrogen) atoms. The molecule has 0 radical (unpaired) electrons. The Morgan fingerprint density at radius 3 is 2.63 bits per heavy atom. The summed E-state index contributed by atoms with van der Waals surface area (Å²) < 4.78 is 31.3. The lowest BCUT2D eigenvalue weighted by Gasteiger charge is -2.20. The van der Waals surface area contributed by atoms with Crippen LogP contribution in [0.25, 0.3) is 0 Å². The highest BCUT2D eigenvalue weighted by atomic mass is 35.5. The van der Waals surface area contributed by atoms with Gasteiger partial charge in [-0.15, -0.1) is 12.4 Å². The van der Waals surface area contributed by atoms with Gasteiger partial charge in [-0.1, -0.05) is 11.3 Å². The largest absolute Gasteiger partial charge is 0.462 e. The van der Waals surface area contributed by atoms with Crippen molar-refractivity contribution in [3.63, 3.8) is 0 Å². The number of nitrogens with zero attached hydrogens (tertiary/aromatic N) is 1. The summed E-state index contributed by atoms with van der Waals surface area (Å²) in [4.78, 5) is 20.6. The fraction of sp³-hybridized carbons (Fsp3) is 0.444. The maximum atomic E-state index is 13.5. The second kappa shape index (κ2) is 6.73. The van der Waals surface area contributed by atoms with Crippen LogP contribution in [0, 0.1) is 10.1 Å². The SMILES string of the molecule is CCOC(=O)C(F)(F)[C@@H](N)c1ccc([N+](=O)[O-])s1.Cl. The van der Waals surface area contributed by atoms with Gasteiger partial charge in [0.15, 0.2) is 0 Å². The highest BCUT2D eigenvalue weighted by Gasteiger charge is 2.48. The van der Waals surface area contributed by atoms with Crippen LogP contribution < -0.4 is 5.73 Å². The van der Waals surface area contributed by atoms with Gasteiger partial charge in [0.25, 0.3) is 0 Å². The van der Waals surface area contributed by atoms with Crippen molar-refractivity contribution in [1.82, 2.24) is 0 Å². The lowest BCUT2D eigenvalue weighted by Crippen LogP contribution is -2.41. The number of esters is 1. The topological polar surface area (TPSA) is 95.5 Å². The van der Waals surface area contributed by atoms with Gasteiger partial charge in [-0.3, -0.25) is 10.1 Å². The molecular weight excluding hydrogens is 306 g/mol. The molecule has 0 saturated heterocycles. The number of nitrogens with two attached hydrogens (primary N) is 1. The van der Waals surface area contributed by atoms with Crippen LogP contribution in [0.5, 0.6) is 0 Å². The zero-order valence-corrected chi connectivity index (χ0v) is 11.3. The zero-order chi connectivity index (χ0) is 13.9. The maximum absolute atomic E-state index is 13.5. The summed E-state index contributed by atoms with van der Waals surface area (Å²) in [6, 6.07) is 0.192. The van der Waals surface area contributed by atoms with Gasteiger partial charge in [0.2, 0.25) is 0 Å². The molecule has 0 saturated carbocycles. The van der Waals surface area contributed by atoms with Gasteiger partial charge in [0.1, 0.15) is 6.04 Å². The van der Waals surface area contributed by atoms with Crippen LogP contribution in [0.4, 0.5) is 13.8 Å². The van der Waals surface area contributed by atoms with Gasteiger partial charge in [-0.25, -0.2) is 4.79 Å². The number of hydrogen-bond acceptors (Lipinski definition) is 6. The van der Waals surface area contributed by atoms with Crippen molar-refractivity contribution in [1.29, 1.82) is 0 Å². The van der Waals surface area contributed by atoms with E-state index in [1.807, 2.05) is 0 Å². The van der Waals surface area contributed by atoms with Gasteiger partial charge in [-0.05, 0) is 13.0 Å². The van der Waals surface area contributed by atoms with Crippen LogP contribution in [0.3, 0.4) is 0 Å². The number of hydrogen-bond donors (Lipinski definition) is 1. The standard InChI is InChI=1S/C9H10F2N2O4S.ClH/c1-2-17-8(14)9(10,11)7(12)5-3-4-6(18-5)13(15)16;/h3-4,7H,2,12H2,1H3;1H/t7-;/m0./s1. The summed E-state index contributed by atoms with van der Waals surface area (Å²) in [5.74, 6) is -5.66. The summed E-state index contributed by atoms with van der Waals surface area (Å²) in [5, 5.41) is 10.1. The van der Waals surface area contributed by atoms with E-state index in [0.29, 0.717) is 11.3 Å². The fourth-order valence-electron chi connectivity index (χ4n) is 1.14. The molecule has 0 unspecified atom stereocenters. The normalized spacial score (nSPS) is 12.4. The molecule has 0 aliphatic carbocycles. The van der Waals surface area contributed by atoms with E-state index in [2.05, 4.69) is 4.74 Å². The molecule has 108 valence electrons. The van der Waals surface area contributed by atoms with E-state index in [9.17, 15) is 23.7 Å². The van der Waals surface area contributed by atoms with Crippen LogP contribution in [-0.2, 0) is 9.53 Å². The molecule has 0 bridgehead atoms. The van der Waals surface area contributed by atoms with E-state index in [1.54, 1.807) is 0 Å². The first kappa shape index (κ1) is 17.7. The van der Waals surface area contributed by atoms with Crippen molar-refractivity contribution < 1.29 is 23.2 Å². The molecule has 1 aromatic rings. The van der Waals surface area contributed by atoms with Gasteiger partial charge in [0, 0.05) is 10.9 Å². The molecule has 1 aromatic heterocycles. The summed E-state index contributed by atoms with van der Waals surface area (Å²) in [6.07, 6.45) is 0. The van der Waals surface area contributed by atoms with Gasteiger partial charge in [-0.2, -0.15) is 8.78 Å². The minimum absolute atomic E-state index is 0. The third-order valence-electron chi connectivity index (χ3n) is 2.04. The monoisotopic (exact) mass is 316 g/mol. The van der Waals surface area contributed by atoms with Crippen LogP contribution in [0.2, 0.25) is 0 Å². The molecule has 1 rings (SSSR count). The number of rotatable bonds is 5. The Balaban J connectivity index is 0.00000324. The summed E-state index contributed by atoms with van der Waals surface area (Å²) in [6.45, 7) is 1.18. The van der Waals surface area contributed by atoms with Crippen molar-refractivity contribution in [2.45, 2.75) is 18.9 Å². The first-order valence-electron chi connectivity index (χ1n) is 4.85. The number of ether oxygens (including phenoxy) is 1. The Morgan fingerprint density at radius 2 is 2.21 bits per heavy atom. The van der Waals surface area contributed by atoms with E-state index in [0.717, 1.165) is 12.1 Å². The fourth-order valence-corrected chi connectivity index (χ4v) is 2.00. The van der Waals surface area contributed by atoms with Crippen molar-refractivity contribution in [2.24, 2.45) is 5.73 Å². The molecule has 10 heteroatoms. The smallest absolute Gasteiger partial charge is 0.379 e. The number of carbonyl (C=O) groups is 1. The van der Waals surface area contributed by atoms with E-state index >= 15 is 0 Å². The third-order valence-corrected chi connectivity index (χ3v) is 3.16. The lowest BCUT2D eigenvalue weighted by atomic mass is 10.1. The van der Waals surface area contributed by atoms with Crippen LogP contribution >= 0.6 is 23.7 Å². The first-order valence-corrected chi connectivity index (χ1v) is 5.67. The quantitative estimate of drug-likeness (QED) is 0.511. The Morgan fingerprint density at radius 1 is 1.63 bits per heavy atom. The Kier molecular flexibility index (Phi) is 6.27. The maximum Gasteiger partial charge on any atom is 0.379 e. The molecule has 0 spiro atoms. The average molecular weight is 317 g/mol.